The van der Waals surface area contributed by atoms with Crippen LogP contribution < -0.4 is 10.6 Å². The lowest BCUT2D eigenvalue weighted by Crippen LogP contribution is -2.32. The summed E-state index contributed by atoms with van der Waals surface area (Å²) < 4.78 is 0. The van der Waals surface area contributed by atoms with Crippen molar-refractivity contribution in [3.63, 3.8) is 0 Å². The smallest absolute Gasteiger partial charge is 0.341 e. The number of anilines is 1. The van der Waals surface area contributed by atoms with Gasteiger partial charge in [-0.05, 0) is 30.3 Å². The van der Waals surface area contributed by atoms with Gasteiger partial charge >= 0.3 is 12.0 Å². The van der Waals surface area contributed by atoms with E-state index in [1.807, 2.05) is 0 Å². The van der Waals surface area contributed by atoms with Gasteiger partial charge in [-0.2, -0.15) is 0 Å². The molecule has 0 bridgehead atoms. The Bertz CT molecular complexity index is 909. The predicted octanol–water partition coefficient (Wildman–Crippen LogP) is 2.46. The molecule has 1 aliphatic heterocycles. The van der Waals surface area contributed by atoms with Crippen LogP contribution >= 0.6 is 11.6 Å². The molecule has 2 aromatic rings. The Morgan fingerprint density at radius 2 is 1.65 bits per heavy atom. The van der Waals surface area contributed by atoms with Gasteiger partial charge in [0.05, 0.1) is 21.7 Å². The Morgan fingerprint density at radius 3 is 2.23 bits per heavy atom. The van der Waals surface area contributed by atoms with Crippen LogP contribution in [0.25, 0.3) is 0 Å². The van der Waals surface area contributed by atoms with Crippen molar-refractivity contribution in [3.8, 4) is 0 Å². The number of halogens is 1. The van der Waals surface area contributed by atoms with Crippen molar-refractivity contribution >= 4 is 41.1 Å². The van der Waals surface area contributed by atoms with Crippen LogP contribution in [0.2, 0.25) is 5.02 Å². The fourth-order valence-electron chi connectivity index (χ4n) is 2.34. The molecule has 9 heteroatoms. The molecule has 0 saturated heterocycles. The molecule has 1 aliphatic rings. The van der Waals surface area contributed by atoms with E-state index in [-0.39, 0.29) is 27.4 Å². The number of imide groups is 1. The second-order valence-electron chi connectivity index (χ2n) is 5.23. The summed E-state index contributed by atoms with van der Waals surface area (Å²) in [7, 11) is 1.43. The van der Waals surface area contributed by atoms with Crippen molar-refractivity contribution in [3.05, 3.63) is 64.2 Å². The summed E-state index contributed by atoms with van der Waals surface area (Å²) >= 11 is 5.99. The zero-order valence-electron chi connectivity index (χ0n) is 13.4. The molecule has 3 rings (SSSR count). The lowest BCUT2D eigenvalue weighted by molar-refractivity contribution is -0.0584. The Balaban J connectivity index is 1.83. The molecule has 132 valence electrons. The van der Waals surface area contributed by atoms with Gasteiger partial charge in [-0.1, -0.05) is 28.8 Å². The van der Waals surface area contributed by atoms with Gasteiger partial charge in [0.1, 0.15) is 0 Å². The van der Waals surface area contributed by atoms with E-state index in [0.717, 1.165) is 0 Å². The van der Waals surface area contributed by atoms with Crippen LogP contribution in [0, 0.1) is 0 Å². The molecule has 0 aromatic heterocycles. The highest BCUT2D eigenvalue weighted by Gasteiger charge is 2.39. The van der Waals surface area contributed by atoms with Gasteiger partial charge < -0.3 is 15.5 Å². The number of hydrogen-bond donors (Lipinski definition) is 2. The van der Waals surface area contributed by atoms with E-state index in [2.05, 4.69) is 10.6 Å². The van der Waals surface area contributed by atoms with Crippen molar-refractivity contribution in [2.45, 2.75) is 0 Å². The van der Waals surface area contributed by atoms with E-state index in [1.54, 1.807) is 12.1 Å². The van der Waals surface area contributed by atoms with Crippen LogP contribution in [0.1, 0.15) is 31.1 Å². The van der Waals surface area contributed by atoms with E-state index < -0.39 is 23.8 Å². The molecule has 4 amide bonds. The van der Waals surface area contributed by atoms with Gasteiger partial charge in [0.15, 0.2) is 0 Å². The topological polar surface area (TPSA) is 105 Å². The monoisotopic (exact) mass is 373 g/mol. The van der Waals surface area contributed by atoms with E-state index in [9.17, 15) is 19.2 Å². The van der Waals surface area contributed by atoms with Gasteiger partial charge in [-0.15, -0.1) is 0 Å². The quantitative estimate of drug-likeness (QED) is 0.804. The maximum atomic E-state index is 12.4. The average Bonchev–Trinajstić information content (AvgIpc) is 2.88. The lowest BCUT2D eigenvalue weighted by Gasteiger charge is -2.14. The Labute approximate surface area is 152 Å². The molecule has 0 saturated carbocycles. The number of rotatable bonds is 3. The van der Waals surface area contributed by atoms with Gasteiger partial charge in [0, 0.05) is 12.7 Å². The average molecular weight is 374 g/mol. The van der Waals surface area contributed by atoms with Crippen molar-refractivity contribution < 1.29 is 24.0 Å². The summed E-state index contributed by atoms with van der Waals surface area (Å²) in [5.74, 6) is -2.49. The Morgan fingerprint density at radius 1 is 1.04 bits per heavy atom. The molecule has 2 aromatic carbocycles. The maximum Gasteiger partial charge on any atom is 0.365 e. The molecule has 1 heterocycles. The number of benzene rings is 2. The number of hydrogen-bond acceptors (Lipinski definition) is 5. The largest absolute Gasteiger partial charge is 0.365 e. The number of carbonyl (C=O) groups excluding carboxylic acids is 4. The summed E-state index contributed by atoms with van der Waals surface area (Å²) in [6.45, 7) is 0. The molecule has 8 nitrogen and oxygen atoms in total. The first-order chi connectivity index (χ1) is 12.4. The minimum atomic E-state index is -1.01. The first-order valence-electron chi connectivity index (χ1n) is 7.40. The first kappa shape index (κ1) is 17.4. The standard InChI is InChI=1S/C17H12ClN3O5/c1-19-17(25)20-9-6-7-13(18)12(8-9)16(24)26-21-14(22)10-4-2-3-5-11(10)15(21)23/h2-8H,1H3,(H2,19,20,25). The summed E-state index contributed by atoms with van der Waals surface area (Å²) in [5.41, 5.74) is 0.457. The first-order valence-corrected chi connectivity index (χ1v) is 7.78. The van der Waals surface area contributed by atoms with Crippen LogP contribution in [0.4, 0.5) is 10.5 Å². The van der Waals surface area contributed by atoms with Crippen LogP contribution in [-0.2, 0) is 4.84 Å². The van der Waals surface area contributed by atoms with E-state index in [4.69, 9.17) is 16.4 Å². The second kappa shape index (κ2) is 6.85. The van der Waals surface area contributed by atoms with Crippen LogP contribution in [0.15, 0.2) is 42.5 Å². The molecule has 0 atom stereocenters. The highest BCUT2D eigenvalue weighted by Crippen LogP contribution is 2.26. The van der Waals surface area contributed by atoms with Crippen molar-refractivity contribution in [2.24, 2.45) is 0 Å². The number of fused-ring (bicyclic) bond motifs is 1. The van der Waals surface area contributed by atoms with Crippen LogP contribution in [0.5, 0.6) is 0 Å². The van der Waals surface area contributed by atoms with Gasteiger partial charge in [-0.25, -0.2) is 9.59 Å². The lowest BCUT2D eigenvalue weighted by atomic mass is 10.1. The van der Waals surface area contributed by atoms with Crippen LogP contribution in [0.3, 0.4) is 0 Å². The highest BCUT2D eigenvalue weighted by molar-refractivity contribution is 6.33. The number of amides is 4. The summed E-state index contributed by atoms with van der Waals surface area (Å²) in [6.07, 6.45) is 0. The fraction of sp³-hybridized carbons (Fsp3) is 0.0588. The van der Waals surface area contributed by atoms with E-state index >= 15 is 0 Å². The third-order valence-electron chi connectivity index (χ3n) is 3.60. The van der Waals surface area contributed by atoms with E-state index in [0.29, 0.717) is 5.06 Å². The normalized spacial score (nSPS) is 12.6. The number of urea groups is 1. The summed E-state index contributed by atoms with van der Waals surface area (Å²) in [6, 6.07) is 9.77. The Hall–Kier alpha value is -3.39. The molecule has 0 radical (unpaired) electrons. The third kappa shape index (κ3) is 3.09. The van der Waals surface area contributed by atoms with Crippen molar-refractivity contribution in [1.82, 2.24) is 10.4 Å². The number of carbonyl (C=O) groups is 4. The highest BCUT2D eigenvalue weighted by atomic mass is 35.5. The minimum Gasteiger partial charge on any atom is -0.341 e. The fourth-order valence-corrected chi connectivity index (χ4v) is 2.53. The van der Waals surface area contributed by atoms with E-state index in [1.165, 1.54) is 37.4 Å². The van der Waals surface area contributed by atoms with Gasteiger partial charge in [0.2, 0.25) is 0 Å². The number of nitrogens with one attached hydrogen (secondary N) is 2. The number of nitrogens with zero attached hydrogens (tertiary/aromatic N) is 1. The predicted molar refractivity (Wildman–Crippen MR) is 91.9 cm³/mol. The zero-order valence-corrected chi connectivity index (χ0v) is 14.2. The van der Waals surface area contributed by atoms with Gasteiger partial charge in [0.25, 0.3) is 11.8 Å². The van der Waals surface area contributed by atoms with Gasteiger partial charge in [-0.3, -0.25) is 9.59 Å². The molecule has 0 fully saturated rings. The summed E-state index contributed by atoms with van der Waals surface area (Å²) in [4.78, 5) is 53.2. The van der Waals surface area contributed by atoms with Crippen LogP contribution in [-0.4, -0.2) is 35.9 Å². The summed E-state index contributed by atoms with van der Waals surface area (Å²) in [5, 5.41) is 5.26. The molecular weight excluding hydrogens is 362 g/mol. The number of hydroxylamine groups is 2. The second-order valence-corrected chi connectivity index (χ2v) is 5.63. The van der Waals surface area contributed by atoms with Crippen molar-refractivity contribution in [2.75, 3.05) is 12.4 Å². The SMILES string of the molecule is CNC(=O)Nc1ccc(Cl)c(C(=O)ON2C(=O)c3ccccc3C2=O)c1. The third-order valence-corrected chi connectivity index (χ3v) is 3.93. The molecule has 0 aliphatic carbocycles. The molecule has 26 heavy (non-hydrogen) atoms. The van der Waals surface area contributed by atoms with Crippen molar-refractivity contribution in [1.29, 1.82) is 0 Å². The zero-order chi connectivity index (χ0) is 18.8. The molecule has 0 spiro atoms. The minimum absolute atomic E-state index is 0.0362. The molecular formula is C17H12ClN3O5. The maximum absolute atomic E-state index is 12.4. The molecule has 0 unspecified atom stereocenters. The molecule has 2 N–H and O–H groups in total. The Kier molecular flexibility index (Phi) is 4.59.